The zero-order valence-corrected chi connectivity index (χ0v) is 10.8. The molecular formula is C13H15F3N4. The lowest BCUT2D eigenvalue weighted by atomic mass is 9.83. The molecule has 0 unspecified atom stereocenters. The Balaban J connectivity index is 1.87. The SMILES string of the molecule is N#CC1CCC(CNc2nccc(C(F)(F)F)n2)CC1. The van der Waals surface area contributed by atoms with Crippen LogP contribution in [0.1, 0.15) is 31.4 Å². The van der Waals surface area contributed by atoms with Crippen LogP contribution in [-0.2, 0) is 6.18 Å². The molecule has 0 saturated heterocycles. The number of nitriles is 1. The normalized spacial score (nSPS) is 23.1. The molecule has 1 N–H and O–H groups in total. The van der Waals surface area contributed by atoms with Crippen molar-refractivity contribution in [2.45, 2.75) is 31.9 Å². The van der Waals surface area contributed by atoms with Crippen LogP contribution in [0.25, 0.3) is 0 Å². The van der Waals surface area contributed by atoms with Gasteiger partial charge in [0.15, 0.2) is 0 Å². The lowest BCUT2D eigenvalue weighted by Gasteiger charge is -2.24. The van der Waals surface area contributed by atoms with Crippen LogP contribution in [0.15, 0.2) is 12.3 Å². The van der Waals surface area contributed by atoms with E-state index in [-0.39, 0.29) is 11.9 Å². The maximum Gasteiger partial charge on any atom is 0.433 e. The van der Waals surface area contributed by atoms with Gasteiger partial charge in [0.25, 0.3) is 0 Å². The van der Waals surface area contributed by atoms with Gasteiger partial charge in [-0.25, -0.2) is 9.97 Å². The number of anilines is 1. The average Bonchev–Trinajstić information content (AvgIpc) is 2.45. The number of rotatable bonds is 3. The van der Waals surface area contributed by atoms with Gasteiger partial charge >= 0.3 is 6.18 Å². The number of aromatic nitrogens is 2. The summed E-state index contributed by atoms with van der Waals surface area (Å²) in [7, 11) is 0. The van der Waals surface area contributed by atoms with Crippen molar-refractivity contribution in [1.82, 2.24) is 9.97 Å². The Morgan fingerprint density at radius 1 is 1.30 bits per heavy atom. The van der Waals surface area contributed by atoms with Crippen LogP contribution in [0.4, 0.5) is 19.1 Å². The summed E-state index contributed by atoms with van der Waals surface area (Å²) in [6.07, 6.45) is 0.169. The minimum absolute atomic E-state index is 0.00207. The molecule has 1 heterocycles. The van der Waals surface area contributed by atoms with Gasteiger partial charge in [-0.05, 0) is 37.7 Å². The minimum Gasteiger partial charge on any atom is -0.354 e. The van der Waals surface area contributed by atoms with E-state index in [0.29, 0.717) is 12.5 Å². The van der Waals surface area contributed by atoms with E-state index < -0.39 is 11.9 Å². The van der Waals surface area contributed by atoms with Crippen LogP contribution in [-0.4, -0.2) is 16.5 Å². The lowest BCUT2D eigenvalue weighted by Crippen LogP contribution is -2.22. The summed E-state index contributed by atoms with van der Waals surface area (Å²) < 4.78 is 37.5. The van der Waals surface area contributed by atoms with Crippen LogP contribution in [0, 0.1) is 23.2 Å². The van der Waals surface area contributed by atoms with Crippen LogP contribution in [0.3, 0.4) is 0 Å². The summed E-state index contributed by atoms with van der Waals surface area (Å²) in [5.74, 6) is 0.482. The van der Waals surface area contributed by atoms with E-state index in [4.69, 9.17) is 5.26 Å². The van der Waals surface area contributed by atoms with Gasteiger partial charge in [0.05, 0.1) is 6.07 Å². The van der Waals surface area contributed by atoms with Crippen molar-refractivity contribution in [3.8, 4) is 6.07 Å². The molecule has 20 heavy (non-hydrogen) atoms. The van der Waals surface area contributed by atoms with Crippen LogP contribution in [0.2, 0.25) is 0 Å². The molecule has 1 aromatic heterocycles. The Hall–Kier alpha value is -1.84. The molecule has 0 bridgehead atoms. The average molecular weight is 284 g/mol. The fraction of sp³-hybridized carbons (Fsp3) is 0.615. The third-order valence-corrected chi connectivity index (χ3v) is 3.52. The summed E-state index contributed by atoms with van der Waals surface area (Å²) in [6, 6.07) is 3.10. The zero-order chi connectivity index (χ0) is 14.6. The quantitative estimate of drug-likeness (QED) is 0.925. The van der Waals surface area contributed by atoms with Crippen molar-refractivity contribution in [2.24, 2.45) is 11.8 Å². The van der Waals surface area contributed by atoms with E-state index in [9.17, 15) is 13.2 Å². The maximum absolute atomic E-state index is 12.5. The Bertz CT molecular complexity index is 487. The molecule has 1 aliphatic rings. The molecule has 4 nitrogen and oxygen atoms in total. The highest BCUT2D eigenvalue weighted by molar-refractivity contribution is 5.26. The number of halogens is 3. The number of nitrogens with one attached hydrogen (secondary N) is 1. The van der Waals surface area contributed by atoms with Gasteiger partial charge < -0.3 is 5.32 Å². The van der Waals surface area contributed by atoms with Crippen molar-refractivity contribution in [2.75, 3.05) is 11.9 Å². The summed E-state index contributed by atoms with van der Waals surface area (Å²) in [5.41, 5.74) is -0.941. The minimum atomic E-state index is -4.45. The van der Waals surface area contributed by atoms with Gasteiger partial charge in [0.2, 0.25) is 5.95 Å². The first-order valence-corrected chi connectivity index (χ1v) is 6.53. The van der Waals surface area contributed by atoms with Crippen LogP contribution in [0.5, 0.6) is 0 Å². The summed E-state index contributed by atoms with van der Waals surface area (Å²) in [6.45, 7) is 0.541. The van der Waals surface area contributed by atoms with Gasteiger partial charge in [-0.2, -0.15) is 18.4 Å². The highest BCUT2D eigenvalue weighted by Crippen LogP contribution is 2.29. The fourth-order valence-electron chi connectivity index (χ4n) is 2.33. The first kappa shape index (κ1) is 14.6. The monoisotopic (exact) mass is 284 g/mol. The highest BCUT2D eigenvalue weighted by Gasteiger charge is 2.32. The molecule has 0 atom stereocenters. The van der Waals surface area contributed by atoms with E-state index in [0.717, 1.165) is 37.9 Å². The predicted molar refractivity (Wildman–Crippen MR) is 66.6 cm³/mol. The standard InChI is InChI=1S/C13H15F3N4/c14-13(15,16)11-5-6-18-12(20-11)19-8-10-3-1-9(7-17)2-4-10/h5-6,9-10H,1-4,8H2,(H,18,19,20). The summed E-state index contributed by atoms with van der Waals surface area (Å²) in [5, 5.41) is 11.7. The van der Waals surface area contributed by atoms with Gasteiger partial charge in [-0.1, -0.05) is 0 Å². The summed E-state index contributed by atoms with van der Waals surface area (Å²) >= 11 is 0. The zero-order valence-electron chi connectivity index (χ0n) is 10.8. The van der Waals surface area contributed by atoms with Crippen molar-refractivity contribution >= 4 is 5.95 Å². The van der Waals surface area contributed by atoms with Gasteiger partial charge in [-0.15, -0.1) is 0 Å². The van der Waals surface area contributed by atoms with E-state index in [2.05, 4.69) is 21.4 Å². The fourth-order valence-corrected chi connectivity index (χ4v) is 2.33. The number of alkyl halides is 3. The third kappa shape index (κ3) is 3.83. The van der Waals surface area contributed by atoms with E-state index in [1.54, 1.807) is 0 Å². The molecule has 108 valence electrons. The highest BCUT2D eigenvalue weighted by atomic mass is 19.4. The van der Waals surface area contributed by atoms with E-state index in [1.807, 2.05) is 0 Å². The summed E-state index contributed by atoms with van der Waals surface area (Å²) in [4.78, 5) is 7.25. The predicted octanol–water partition coefficient (Wildman–Crippen LogP) is 3.24. The van der Waals surface area contributed by atoms with Gasteiger partial charge in [0, 0.05) is 18.7 Å². The second-order valence-corrected chi connectivity index (χ2v) is 4.99. The second kappa shape index (κ2) is 6.07. The molecule has 0 radical (unpaired) electrons. The molecule has 0 spiro atoms. The molecule has 1 aliphatic carbocycles. The Kier molecular flexibility index (Phi) is 4.42. The second-order valence-electron chi connectivity index (χ2n) is 4.99. The Morgan fingerprint density at radius 2 is 2.00 bits per heavy atom. The van der Waals surface area contributed by atoms with Crippen molar-refractivity contribution in [1.29, 1.82) is 5.26 Å². The maximum atomic E-state index is 12.5. The molecular weight excluding hydrogens is 269 g/mol. The molecule has 1 aromatic rings. The van der Waals surface area contributed by atoms with Crippen LogP contribution >= 0.6 is 0 Å². The Labute approximate surface area is 115 Å². The molecule has 0 aliphatic heterocycles. The Morgan fingerprint density at radius 3 is 2.60 bits per heavy atom. The number of hydrogen-bond donors (Lipinski definition) is 1. The lowest BCUT2D eigenvalue weighted by molar-refractivity contribution is -0.141. The number of nitrogens with zero attached hydrogens (tertiary/aromatic N) is 3. The van der Waals surface area contributed by atoms with Crippen molar-refractivity contribution in [3.05, 3.63) is 18.0 Å². The number of hydrogen-bond acceptors (Lipinski definition) is 4. The van der Waals surface area contributed by atoms with Crippen molar-refractivity contribution in [3.63, 3.8) is 0 Å². The first-order chi connectivity index (χ1) is 9.49. The molecule has 1 saturated carbocycles. The van der Waals surface area contributed by atoms with Crippen LogP contribution < -0.4 is 5.32 Å². The molecule has 7 heteroatoms. The van der Waals surface area contributed by atoms with Gasteiger partial charge in [0.1, 0.15) is 5.69 Å². The largest absolute Gasteiger partial charge is 0.433 e. The third-order valence-electron chi connectivity index (χ3n) is 3.52. The topological polar surface area (TPSA) is 61.6 Å². The molecule has 0 aromatic carbocycles. The molecule has 2 rings (SSSR count). The van der Waals surface area contributed by atoms with E-state index >= 15 is 0 Å². The smallest absolute Gasteiger partial charge is 0.354 e. The molecule has 0 amide bonds. The van der Waals surface area contributed by atoms with E-state index in [1.165, 1.54) is 0 Å². The van der Waals surface area contributed by atoms with Gasteiger partial charge in [-0.3, -0.25) is 0 Å². The molecule has 1 fully saturated rings. The first-order valence-electron chi connectivity index (χ1n) is 6.53. The van der Waals surface area contributed by atoms with Crippen molar-refractivity contribution < 1.29 is 13.2 Å².